The molecule has 2 heteroatoms. The summed E-state index contributed by atoms with van der Waals surface area (Å²) in [5, 5.41) is 1.67. The van der Waals surface area contributed by atoms with E-state index in [1.165, 1.54) is 0 Å². The molecule has 0 saturated heterocycles. The number of carbonyl (C=O) groups excluding carboxylic acids is 1. The van der Waals surface area contributed by atoms with Gasteiger partial charge in [-0.25, -0.2) is 0 Å². The van der Waals surface area contributed by atoms with E-state index in [2.05, 4.69) is 19.2 Å². The molecule has 0 unspecified atom stereocenters. The highest BCUT2D eigenvalue weighted by molar-refractivity contribution is 7.83. The Morgan fingerprint density at radius 2 is 2.00 bits per heavy atom. The Kier molecular flexibility index (Phi) is 4.37. The Bertz CT molecular complexity index is 388. The Labute approximate surface area is 95.9 Å². The van der Waals surface area contributed by atoms with E-state index in [1.54, 1.807) is 5.41 Å². The molecule has 1 aromatic carbocycles. The zero-order valence-electron chi connectivity index (χ0n) is 8.73. The lowest BCUT2D eigenvalue weighted by Crippen LogP contribution is -1.98. The van der Waals surface area contributed by atoms with Crippen LogP contribution in [0.25, 0.3) is 6.08 Å². The van der Waals surface area contributed by atoms with Gasteiger partial charge in [0, 0.05) is 12.0 Å². The van der Waals surface area contributed by atoms with Gasteiger partial charge in [0.2, 0.25) is 0 Å². The molecule has 0 amide bonds. The van der Waals surface area contributed by atoms with Gasteiger partial charge in [-0.3, -0.25) is 4.79 Å². The molecule has 0 spiro atoms. The molecule has 0 fully saturated rings. The average molecular weight is 218 g/mol. The topological polar surface area (TPSA) is 17.1 Å². The highest BCUT2D eigenvalue weighted by atomic mass is 32.1. The molecule has 0 bridgehead atoms. The molecule has 0 N–H and O–H groups in total. The van der Waals surface area contributed by atoms with Crippen LogP contribution in [0, 0.1) is 0 Å². The molecule has 0 radical (unpaired) electrons. The van der Waals surface area contributed by atoms with E-state index >= 15 is 0 Å². The van der Waals surface area contributed by atoms with Crippen molar-refractivity contribution in [1.82, 2.24) is 0 Å². The summed E-state index contributed by atoms with van der Waals surface area (Å²) in [4.78, 5) is 11.6. The summed E-state index contributed by atoms with van der Waals surface area (Å²) in [6.07, 6.45) is 2.29. The predicted octanol–water partition coefficient (Wildman–Crippen LogP) is 3.74. The maximum absolute atomic E-state index is 11.6. The second-order valence-electron chi connectivity index (χ2n) is 3.49. The van der Waals surface area contributed by atoms with Gasteiger partial charge in [-0.2, -0.15) is 12.6 Å². The first-order chi connectivity index (χ1) is 7.13. The Balaban J connectivity index is 2.79. The maximum atomic E-state index is 11.6. The van der Waals surface area contributed by atoms with Crippen LogP contribution in [0.4, 0.5) is 0 Å². The summed E-state index contributed by atoms with van der Waals surface area (Å²) < 4.78 is 0. The van der Waals surface area contributed by atoms with Crippen molar-refractivity contribution in [1.29, 1.82) is 0 Å². The lowest BCUT2D eigenvalue weighted by atomic mass is 10.0. The fourth-order valence-corrected chi connectivity index (χ4v) is 1.41. The van der Waals surface area contributed by atoms with Crippen molar-refractivity contribution in [3.05, 3.63) is 53.0 Å². The summed E-state index contributed by atoms with van der Waals surface area (Å²) in [6.45, 7) is 5.58. The van der Waals surface area contributed by atoms with E-state index < -0.39 is 0 Å². The zero-order chi connectivity index (χ0) is 11.3. The van der Waals surface area contributed by atoms with Gasteiger partial charge in [-0.1, -0.05) is 36.4 Å². The standard InChI is InChI=1S/C13H14OS/c1-10(2)9-13(14)12-5-3-11(4-6-12)7-8-15/h3-8,15H,1,9H2,2H3/b8-7+. The molecular formula is C13H14OS. The number of Topliss-reactive ketones (excluding diaryl/α,β-unsaturated/α-hetero) is 1. The fourth-order valence-electron chi connectivity index (χ4n) is 1.24. The quantitative estimate of drug-likeness (QED) is 0.463. The number of ketones is 1. The number of thiol groups is 1. The third kappa shape index (κ3) is 3.76. The summed E-state index contributed by atoms with van der Waals surface area (Å²) >= 11 is 3.98. The van der Waals surface area contributed by atoms with Crippen molar-refractivity contribution in [3.8, 4) is 0 Å². The summed E-state index contributed by atoms with van der Waals surface area (Å²) in [5.41, 5.74) is 2.66. The molecule has 0 aliphatic heterocycles. The summed E-state index contributed by atoms with van der Waals surface area (Å²) in [7, 11) is 0. The van der Waals surface area contributed by atoms with Crippen LogP contribution in [-0.2, 0) is 0 Å². The third-order valence-electron chi connectivity index (χ3n) is 1.96. The molecule has 0 aliphatic rings. The van der Waals surface area contributed by atoms with Gasteiger partial charge in [0.1, 0.15) is 0 Å². The average Bonchev–Trinajstić information content (AvgIpc) is 2.18. The van der Waals surface area contributed by atoms with Gasteiger partial charge >= 0.3 is 0 Å². The van der Waals surface area contributed by atoms with E-state index in [1.807, 2.05) is 37.3 Å². The Morgan fingerprint density at radius 1 is 1.40 bits per heavy atom. The van der Waals surface area contributed by atoms with Crippen molar-refractivity contribution < 1.29 is 4.79 Å². The largest absolute Gasteiger partial charge is 0.294 e. The molecule has 1 aromatic rings. The molecule has 1 rings (SSSR count). The van der Waals surface area contributed by atoms with Gasteiger partial charge in [0.15, 0.2) is 5.78 Å². The lowest BCUT2D eigenvalue weighted by Gasteiger charge is -2.00. The first-order valence-corrected chi connectivity index (χ1v) is 5.23. The molecule has 15 heavy (non-hydrogen) atoms. The minimum Gasteiger partial charge on any atom is -0.294 e. The third-order valence-corrected chi connectivity index (χ3v) is 2.11. The monoisotopic (exact) mass is 218 g/mol. The summed E-state index contributed by atoms with van der Waals surface area (Å²) in [5.74, 6) is 0.115. The van der Waals surface area contributed by atoms with Crippen LogP contribution < -0.4 is 0 Å². The van der Waals surface area contributed by atoms with Gasteiger partial charge in [-0.15, -0.1) is 0 Å². The second-order valence-corrected chi connectivity index (χ2v) is 3.79. The van der Waals surface area contributed by atoms with Gasteiger partial charge < -0.3 is 0 Å². The first kappa shape index (κ1) is 11.8. The van der Waals surface area contributed by atoms with Crippen LogP contribution in [0.3, 0.4) is 0 Å². The number of hydrogen-bond acceptors (Lipinski definition) is 2. The minimum absolute atomic E-state index is 0.115. The molecule has 0 heterocycles. The maximum Gasteiger partial charge on any atom is 0.166 e. The van der Waals surface area contributed by atoms with Crippen LogP contribution >= 0.6 is 12.6 Å². The number of benzene rings is 1. The number of allylic oxidation sites excluding steroid dienone is 1. The van der Waals surface area contributed by atoms with E-state index in [9.17, 15) is 4.79 Å². The number of hydrogen-bond donors (Lipinski definition) is 1. The van der Waals surface area contributed by atoms with Gasteiger partial charge in [0.05, 0.1) is 0 Å². The summed E-state index contributed by atoms with van der Waals surface area (Å²) in [6, 6.07) is 7.46. The van der Waals surface area contributed by atoms with Crippen molar-refractivity contribution in [2.75, 3.05) is 0 Å². The van der Waals surface area contributed by atoms with Crippen molar-refractivity contribution >= 4 is 24.5 Å². The Hall–Kier alpha value is -1.28. The van der Waals surface area contributed by atoms with E-state index in [-0.39, 0.29) is 5.78 Å². The molecular weight excluding hydrogens is 204 g/mol. The van der Waals surface area contributed by atoms with Crippen molar-refractivity contribution in [2.24, 2.45) is 0 Å². The molecule has 0 saturated carbocycles. The van der Waals surface area contributed by atoms with Crippen LogP contribution in [0.5, 0.6) is 0 Å². The fraction of sp³-hybridized carbons (Fsp3) is 0.154. The highest BCUT2D eigenvalue weighted by Gasteiger charge is 2.04. The normalized spacial score (nSPS) is 10.5. The van der Waals surface area contributed by atoms with E-state index in [0.29, 0.717) is 6.42 Å². The first-order valence-electron chi connectivity index (χ1n) is 4.72. The van der Waals surface area contributed by atoms with Crippen molar-refractivity contribution in [2.45, 2.75) is 13.3 Å². The van der Waals surface area contributed by atoms with Crippen LogP contribution in [0.2, 0.25) is 0 Å². The van der Waals surface area contributed by atoms with Crippen LogP contribution in [-0.4, -0.2) is 5.78 Å². The molecule has 1 nitrogen and oxygen atoms in total. The Morgan fingerprint density at radius 3 is 2.47 bits per heavy atom. The zero-order valence-corrected chi connectivity index (χ0v) is 9.63. The SMILES string of the molecule is C=C(C)CC(=O)c1ccc(/C=C/S)cc1. The van der Waals surface area contributed by atoms with Gasteiger partial charge in [0.25, 0.3) is 0 Å². The molecule has 0 aliphatic carbocycles. The number of rotatable bonds is 4. The molecule has 0 aromatic heterocycles. The minimum atomic E-state index is 0.115. The predicted molar refractivity (Wildman–Crippen MR) is 68.2 cm³/mol. The number of carbonyl (C=O) groups is 1. The highest BCUT2D eigenvalue weighted by Crippen LogP contribution is 2.10. The lowest BCUT2D eigenvalue weighted by molar-refractivity contribution is 0.0993. The van der Waals surface area contributed by atoms with E-state index in [0.717, 1.165) is 16.7 Å². The molecule has 78 valence electrons. The van der Waals surface area contributed by atoms with Crippen molar-refractivity contribution in [3.63, 3.8) is 0 Å². The smallest absolute Gasteiger partial charge is 0.166 e. The van der Waals surface area contributed by atoms with Gasteiger partial charge in [-0.05, 0) is 24.0 Å². The van der Waals surface area contributed by atoms with E-state index in [4.69, 9.17) is 0 Å². The van der Waals surface area contributed by atoms with Crippen LogP contribution in [0.15, 0.2) is 41.8 Å². The van der Waals surface area contributed by atoms with Crippen LogP contribution in [0.1, 0.15) is 29.3 Å². The second kappa shape index (κ2) is 5.56. The molecule has 0 atom stereocenters.